The second kappa shape index (κ2) is 4.37. The van der Waals surface area contributed by atoms with Crippen molar-refractivity contribution in [3.8, 4) is 0 Å². The fourth-order valence-electron chi connectivity index (χ4n) is 2.21. The molecule has 0 saturated heterocycles. The SMILES string of the molecule is CSc1cccc([C@H]2CC[C@@H](N)C2)c1. The third kappa shape index (κ3) is 2.12. The minimum absolute atomic E-state index is 0.429. The van der Waals surface area contributed by atoms with E-state index in [1.54, 1.807) is 0 Å². The summed E-state index contributed by atoms with van der Waals surface area (Å²) in [6.45, 7) is 0. The van der Waals surface area contributed by atoms with Crippen molar-refractivity contribution in [1.82, 2.24) is 0 Å². The average molecular weight is 207 g/mol. The van der Waals surface area contributed by atoms with Crippen molar-refractivity contribution in [2.75, 3.05) is 6.26 Å². The van der Waals surface area contributed by atoms with Crippen LogP contribution in [0.5, 0.6) is 0 Å². The minimum Gasteiger partial charge on any atom is -0.328 e. The summed E-state index contributed by atoms with van der Waals surface area (Å²) >= 11 is 1.81. The normalized spacial score (nSPS) is 26.7. The van der Waals surface area contributed by atoms with E-state index in [-0.39, 0.29) is 0 Å². The highest BCUT2D eigenvalue weighted by Gasteiger charge is 2.22. The number of hydrogen-bond donors (Lipinski definition) is 1. The molecule has 2 heteroatoms. The second-order valence-corrected chi connectivity index (χ2v) is 4.93. The van der Waals surface area contributed by atoms with Crippen LogP contribution in [0.2, 0.25) is 0 Å². The molecule has 1 fully saturated rings. The lowest BCUT2D eigenvalue weighted by Crippen LogP contribution is -2.14. The van der Waals surface area contributed by atoms with Crippen LogP contribution in [0.15, 0.2) is 29.2 Å². The van der Waals surface area contributed by atoms with Crippen LogP contribution in [-0.4, -0.2) is 12.3 Å². The summed E-state index contributed by atoms with van der Waals surface area (Å²) < 4.78 is 0. The first-order valence-corrected chi connectivity index (χ1v) is 6.41. The molecule has 0 spiro atoms. The molecule has 1 aliphatic carbocycles. The van der Waals surface area contributed by atoms with Crippen LogP contribution in [0.1, 0.15) is 30.7 Å². The lowest BCUT2D eigenvalue weighted by Gasteiger charge is -2.10. The largest absolute Gasteiger partial charge is 0.328 e. The molecule has 1 nitrogen and oxygen atoms in total. The molecule has 0 heterocycles. The van der Waals surface area contributed by atoms with Gasteiger partial charge in [0, 0.05) is 10.9 Å². The van der Waals surface area contributed by atoms with E-state index in [0.29, 0.717) is 12.0 Å². The van der Waals surface area contributed by atoms with Crippen LogP contribution >= 0.6 is 11.8 Å². The first-order chi connectivity index (χ1) is 6.79. The Morgan fingerprint density at radius 2 is 2.21 bits per heavy atom. The van der Waals surface area contributed by atoms with Crippen molar-refractivity contribution in [2.24, 2.45) is 5.73 Å². The number of rotatable bonds is 2. The Hall–Kier alpha value is -0.470. The smallest absolute Gasteiger partial charge is 0.00719 e. The van der Waals surface area contributed by atoms with E-state index in [9.17, 15) is 0 Å². The Morgan fingerprint density at radius 3 is 2.86 bits per heavy atom. The van der Waals surface area contributed by atoms with Crippen molar-refractivity contribution >= 4 is 11.8 Å². The van der Waals surface area contributed by atoms with Crippen molar-refractivity contribution < 1.29 is 0 Å². The lowest BCUT2D eigenvalue weighted by molar-refractivity contribution is 0.674. The maximum absolute atomic E-state index is 5.93. The van der Waals surface area contributed by atoms with Crippen LogP contribution in [0.25, 0.3) is 0 Å². The molecule has 0 unspecified atom stereocenters. The lowest BCUT2D eigenvalue weighted by atomic mass is 9.98. The van der Waals surface area contributed by atoms with E-state index in [2.05, 4.69) is 30.5 Å². The molecule has 2 N–H and O–H groups in total. The summed E-state index contributed by atoms with van der Waals surface area (Å²) in [5.74, 6) is 0.706. The van der Waals surface area contributed by atoms with Gasteiger partial charge in [-0.05, 0) is 49.1 Å². The Bertz CT molecular complexity index is 311. The first-order valence-electron chi connectivity index (χ1n) is 5.19. The van der Waals surface area contributed by atoms with Crippen LogP contribution < -0.4 is 5.73 Å². The van der Waals surface area contributed by atoms with Gasteiger partial charge in [0.2, 0.25) is 0 Å². The van der Waals surface area contributed by atoms with Crippen molar-refractivity contribution in [2.45, 2.75) is 36.1 Å². The van der Waals surface area contributed by atoms with E-state index < -0.39 is 0 Å². The van der Waals surface area contributed by atoms with Crippen molar-refractivity contribution in [3.05, 3.63) is 29.8 Å². The number of benzene rings is 1. The number of hydrogen-bond acceptors (Lipinski definition) is 2. The van der Waals surface area contributed by atoms with Crippen LogP contribution in [-0.2, 0) is 0 Å². The van der Waals surface area contributed by atoms with Gasteiger partial charge in [-0.2, -0.15) is 0 Å². The highest BCUT2D eigenvalue weighted by atomic mass is 32.2. The standard InChI is InChI=1S/C12H17NS/c1-14-12-4-2-3-9(8-12)10-5-6-11(13)7-10/h2-4,8,10-11H,5-7,13H2,1H3/t10-,11+/m0/s1. The summed E-state index contributed by atoms with van der Waals surface area (Å²) in [5.41, 5.74) is 7.40. The highest BCUT2D eigenvalue weighted by Crippen LogP contribution is 2.34. The average Bonchev–Trinajstić information content (AvgIpc) is 2.65. The molecule has 1 aromatic rings. The molecule has 2 rings (SSSR count). The molecule has 14 heavy (non-hydrogen) atoms. The third-order valence-corrected chi connectivity index (χ3v) is 3.76. The van der Waals surface area contributed by atoms with Crippen LogP contribution in [0, 0.1) is 0 Å². The Kier molecular flexibility index (Phi) is 3.14. The topological polar surface area (TPSA) is 26.0 Å². The first kappa shape index (κ1) is 10.1. The molecule has 76 valence electrons. The zero-order chi connectivity index (χ0) is 9.97. The maximum atomic E-state index is 5.93. The van der Waals surface area contributed by atoms with Gasteiger partial charge >= 0.3 is 0 Å². The van der Waals surface area contributed by atoms with Crippen LogP contribution in [0.3, 0.4) is 0 Å². The summed E-state index contributed by atoms with van der Waals surface area (Å²) in [4.78, 5) is 1.36. The van der Waals surface area contributed by atoms with Gasteiger partial charge in [-0.3, -0.25) is 0 Å². The van der Waals surface area contributed by atoms with E-state index in [1.807, 2.05) is 11.8 Å². The summed E-state index contributed by atoms with van der Waals surface area (Å²) in [6.07, 6.45) is 5.74. The molecular weight excluding hydrogens is 190 g/mol. The molecule has 0 bridgehead atoms. The molecular formula is C12H17NS. The van der Waals surface area contributed by atoms with Crippen LogP contribution in [0.4, 0.5) is 0 Å². The molecule has 0 amide bonds. The van der Waals surface area contributed by atoms with Gasteiger partial charge in [-0.1, -0.05) is 12.1 Å². The molecule has 1 aliphatic rings. The summed E-state index contributed by atoms with van der Waals surface area (Å²) in [5, 5.41) is 0. The van der Waals surface area contributed by atoms with Crippen molar-refractivity contribution in [1.29, 1.82) is 0 Å². The molecule has 0 aromatic heterocycles. The van der Waals surface area contributed by atoms with E-state index in [0.717, 1.165) is 6.42 Å². The highest BCUT2D eigenvalue weighted by molar-refractivity contribution is 7.98. The predicted octanol–water partition coefficient (Wildman–Crippen LogP) is 3.00. The molecule has 1 saturated carbocycles. The Morgan fingerprint density at radius 1 is 1.36 bits per heavy atom. The maximum Gasteiger partial charge on any atom is 0.00719 e. The van der Waals surface area contributed by atoms with Gasteiger partial charge in [-0.25, -0.2) is 0 Å². The van der Waals surface area contributed by atoms with Gasteiger partial charge < -0.3 is 5.73 Å². The fourth-order valence-corrected chi connectivity index (χ4v) is 2.68. The predicted molar refractivity (Wildman–Crippen MR) is 62.8 cm³/mol. The van der Waals surface area contributed by atoms with Gasteiger partial charge in [0.15, 0.2) is 0 Å². The zero-order valence-electron chi connectivity index (χ0n) is 8.57. The molecule has 0 radical (unpaired) electrons. The summed E-state index contributed by atoms with van der Waals surface area (Å²) in [6, 6.07) is 9.31. The Labute approximate surface area is 90.1 Å². The van der Waals surface area contributed by atoms with E-state index in [4.69, 9.17) is 5.73 Å². The summed E-state index contributed by atoms with van der Waals surface area (Å²) in [7, 11) is 0. The third-order valence-electron chi connectivity index (χ3n) is 3.04. The molecule has 2 atom stereocenters. The van der Waals surface area contributed by atoms with Gasteiger partial charge in [0.1, 0.15) is 0 Å². The van der Waals surface area contributed by atoms with Gasteiger partial charge in [-0.15, -0.1) is 11.8 Å². The van der Waals surface area contributed by atoms with Crippen molar-refractivity contribution in [3.63, 3.8) is 0 Å². The van der Waals surface area contributed by atoms with Gasteiger partial charge in [0.05, 0.1) is 0 Å². The quantitative estimate of drug-likeness (QED) is 0.754. The minimum atomic E-state index is 0.429. The molecule has 1 aromatic carbocycles. The van der Waals surface area contributed by atoms with Gasteiger partial charge in [0.25, 0.3) is 0 Å². The van der Waals surface area contributed by atoms with E-state index in [1.165, 1.54) is 23.3 Å². The Balaban J connectivity index is 2.15. The zero-order valence-corrected chi connectivity index (χ0v) is 9.39. The fraction of sp³-hybridized carbons (Fsp3) is 0.500. The second-order valence-electron chi connectivity index (χ2n) is 4.05. The van der Waals surface area contributed by atoms with E-state index >= 15 is 0 Å². The number of thioether (sulfide) groups is 1. The monoisotopic (exact) mass is 207 g/mol. The molecule has 0 aliphatic heterocycles. The number of nitrogens with two attached hydrogens (primary N) is 1.